The molecule has 0 N–H and O–H groups in total. The molecule has 1 aromatic carbocycles. The minimum Gasteiger partial charge on any atom is -0.493 e. The van der Waals surface area contributed by atoms with E-state index in [0.717, 1.165) is 67.5 Å². The molecule has 8 heteroatoms. The van der Waals surface area contributed by atoms with Crippen molar-refractivity contribution in [1.29, 1.82) is 0 Å². The fourth-order valence-corrected chi connectivity index (χ4v) is 9.09. The highest BCUT2D eigenvalue weighted by molar-refractivity contribution is 5.97. The third kappa shape index (κ3) is 2.63. The van der Waals surface area contributed by atoms with E-state index in [4.69, 9.17) is 18.7 Å². The number of piperidine rings is 1. The fraction of sp³-hybridized carbons (Fsp3) is 0.600. The van der Waals surface area contributed by atoms with Gasteiger partial charge < -0.3 is 23.6 Å². The van der Waals surface area contributed by atoms with E-state index in [1.165, 1.54) is 24.0 Å². The van der Waals surface area contributed by atoms with Gasteiger partial charge in [0, 0.05) is 49.4 Å². The zero-order valence-electron chi connectivity index (χ0n) is 22.4. The number of carbonyl (C=O) groups is 1. The van der Waals surface area contributed by atoms with Gasteiger partial charge in [-0.3, -0.25) is 9.69 Å². The molecule has 1 amide bonds. The first kappa shape index (κ1) is 23.1. The number of carbonyl (C=O) groups excluding carboxylic acids is 1. The molecule has 5 atom stereocenters. The van der Waals surface area contributed by atoms with E-state index in [0.29, 0.717) is 12.6 Å². The lowest BCUT2D eigenvalue weighted by Gasteiger charge is -2.70. The van der Waals surface area contributed by atoms with Gasteiger partial charge in [-0.05, 0) is 62.6 Å². The summed E-state index contributed by atoms with van der Waals surface area (Å²) in [6.07, 6.45) is 10.1. The van der Waals surface area contributed by atoms with Crippen molar-refractivity contribution in [3.63, 3.8) is 0 Å². The summed E-state index contributed by atoms with van der Waals surface area (Å²) in [5.74, 6) is 2.44. The Morgan fingerprint density at radius 1 is 1.21 bits per heavy atom. The monoisotopic (exact) mass is 517 g/mol. The van der Waals surface area contributed by atoms with Crippen LogP contribution in [0.5, 0.6) is 11.5 Å². The number of benzene rings is 1. The molecule has 38 heavy (non-hydrogen) atoms. The van der Waals surface area contributed by atoms with Crippen LogP contribution in [-0.4, -0.2) is 73.0 Å². The number of ether oxygens (including phenoxy) is 3. The molecule has 2 spiro atoms. The number of nitrogens with zero attached hydrogens (tertiary/aromatic N) is 3. The van der Waals surface area contributed by atoms with Crippen LogP contribution in [0.25, 0.3) is 0 Å². The summed E-state index contributed by atoms with van der Waals surface area (Å²) in [6.45, 7) is 2.60. The van der Waals surface area contributed by atoms with Crippen molar-refractivity contribution >= 4 is 5.91 Å². The highest BCUT2D eigenvalue weighted by Crippen LogP contribution is 2.75. The molecule has 0 unspecified atom stereocenters. The fourth-order valence-electron chi connectivity index (χ4n) is 9.09. The number of likely N-dealkylation sites (N-methyl/N-ethyl adjacent to an activating group) is 1. The Morgan fingerprint density at radius 3 is 2.82 bits per heavy atom. The zero-order chi connectivity index (χ0) is 25.9. The van der Waals surface area contributed by atoms with Crippen LogP contribution in [0.15, 0.2) is 40.6 Å². The molecule has 3 heterocycles. The number of rotatable bonds is 7. The minimum absolute atomic E-state index is 0.0205. The van der Waals surface area contributed by atoms with Crippen molar-refractivity contribution in [2.24, 2.45) is 11.3 Å². The van der Waals surface area contributed by atoms with Crippen molar-refractivity contribution in [1.82, 2.24) is 15.0 Å². The summed E-state index contributed by atoms with van der Waals surface area (Å²) in [5, 5.41) is 4.03. The van der Waals surface area contributed by atoms with Gasteiger partial charge in [-0.1, -0.05) is 17.3 Å². The second kappa shape index (κ2) is 7.63. The molecular formula is C30H35N3O5. The number of hydrogen-bond acceptors (Lipinski definition) is 7. The SMILES string of the molecule is COc1ccc2c3c1O[C@@H]1[C@]34CCN(CC3CC3)[C@H](C2)[C@@]42C=C(C(=O)N(C)Cc3ccon3)[C@]1(OC)CC2. The van der Waals surface area contributed by atoms with Crippen molar-refractivity contribution < 1.29 is 23.5 Å². The summed E-state index contributed by atoms with van der Waals surface area (Å²) in [6, 6.07) is 6.47. The summed E-state index contributed by atoms with van der Waals surface area (Å²) < 4.78 is 24.3. The van der Waals surface area contributed by atoms with Crippen molar-refractivity contribution in [2.75, 3.05) is 34.4 Å². The first-order valence-electron chi connectivity index (χ1n) is 14.0. The number of fused-ring (bicyclic) bond motifs is 1. The molecule has 8 nitrogen and oxygen atoms in total. The summed E-state index contributed by atoms with van der Waals surface area (Å²) in [5.41, 5.74) is 2.94. The van der Waals surface area contributed by atoms with E-state index in [1.807, 2.05) is 7.05 Å². The van der Waals surface area contributed by atoms with E-state index in [-0.39, 0.29) is 22.8 Å². The smallest absolute Gasteiger partial charge is 0.252 e. The first-order chi connectivity index (χ1) is 18.5. The molecule has 3 fully saturated rings. The van der Waals surface area contributed by atoms with Gasteiger partial charge in [0.15, 0.2) is 11.5 Å². The van der Waals surface area contributed by atoms with E-state index < -0.39 is 5.60 Å². The maximum absolute atomic E-state index is 14.2. The molecule has 2 aromatic rings. The Bertz CT molecular complexity index is 1350. The van der Waals surface area contributed by atoms with Gasteiger partial charge in [0.2, 0.25) is 0 Å². The van der Waals surface area contributed by atoms with Crippen LogP contribution in [-0.2, 0) is 27.9 Å². The van der Waals surface area contributed by atoms with Gasteiger partial charge in [0.05, 0.1) is 19.1 Å². The Morgan fingerprint density at radius 2 is 2.08 bits per heavy atom. The molecule has 1 aromatic heterocycles. The van der Waals surface area contributed by atoms with Gasteiger partial charge in [0.25, 0.3) is 5.91 Å². The number of amides is 1. The van der Waals surface area contributed by atoms with Crippen LogP contribution >= 0.6 is 0 Å². The minimum atomic E-state index is -0.821. The van der Waals surface area contributed by atoms with Crippen molar-refractivity contribution in [2.45, 2.75) is 68.2 Å². The van der Waals surface area contributed by atoms with Gasteiger partial charge in [-0.25, -0.2) is 0 Å². The molecule has 1 saturated heterocycles. The van der Waals surface area contributed by atoms with Crippen LogP contribution in [0, 0.1) is 11.3 Å². The summed E-state index contributed by atoms with van der Waals surface area (Å²) in [4.78, 5) is 18.7. The number of hydrogen-bond donors (Lipinski definition) is 0. The Hall–Kier alpha value is -2.84. The van der Waals surface area contributed by atoms with Crippen LogP contribution < -0.4 is 9.47 Å². The lowest BCUT2D eigenvalue weighted by Crippen LogP contribution is -2.78. The maximum atomic E-state index is 14.2. The molecule has 200 valence electrons. The third-order valence-electron chi connectivity index (χ3n) is 10.8. The van der Waals surface area contributed by atoms with Crippen LogP contribution in [0.3, 0.4) is 0 Å². The Balaban J connectivity index is 1.32. The normalized spacial score (nSPS) is 35.9. The predicted molar refractivity (Wildman–Crippen MR) is 138 cm³/mol. The summed E-state index contributed by atoms with van der Waals surface area (Å²) in [7, 11) is 5.30. The lowest BCUT2D eigenvalue weighted by molar-refractivity contribution is -0.198. The highest BCUT2D eigenvalue weighted by atomic mass is 16.6. The maximum Gasteiger partial charge on any atom is 0.252 e. The van der Waals surface area contributed by atoms with Crippen LogP contribution in [0.4, 0.5) is 0 Å². The third-order valence-corrected chi connectivity index (χ3v) is 10.8. The van der Waals surface area contributed by atoms with E-state index in [2.05, 4.69) is 28.3 Å². The van der Waals surface area contributed by atoms with Gasteiger partial charge in [-0.15, -0.1) is 0 Å². The van der Waals surface area contributed by atoms with Gasteiger partial charge >= 0.3 is 0 Å². The van der Waals surface area contributed by atoms with Crippen LogP contribution in [0.2, 0.25) is 0 Å². The molecule has 2 saturated carbocycles. The van der Waals surface area contributed by atoms with E-state index in [9.17, 15) is 4.79 Å². The predicted octanol–water partition coefficient (Wildman–Crippen LogP) is 3.49. The molecule has 2 aliphatic heterocycles. The first-order valence-corrected chi connectivity index (χ1v) is 14.0. The average Bonchev–Trinajstić information content (AvgIpc) is 3.45. The molecule has 4 bridgehead atoms. The quantitative estimate of drug-likeness (QED) is 0.557. The zero-order valence-corrected chi connectivity index (χ0v) is 22.4. The number of aromatic nitrogens is 1. The molecule has 9 rings (SSSR count). The summed E-state index contributed by atoms with van der Waals surface area (Å²) >= 11 is 0. The standard InChI is InChI=1S/C30H35N3O5/c1-32(17-20-8-13-37-31-20)26(34)21-15-28-9-10-30(21,36-3)27-29(28)11-12-33(16-18-4-5-18)23(28)14-19-6-7-22(35-2)25(38-27)24(19)29/h6-8,13,15,18,23,27H,4-5,9-12,14,16-17H2,1-3H3/t23-,27-,28-,29+,30-/m1/s1. The number of likely N-dealkylation sites (tertiary alicyclic amines) is 1. The second-order valence-electron chi connectivity index (χ2n) is 12.4. The highest BCUT2D eigenvalue weighted by Gasteiger charge is 2.79. The average molecular weight is 518 g/mol. The number of methoxy groups -OCH3 is 2. The van der Waals surface area contributed by atoms with Crippen molar-refractivity contribution in [3.05, 3.63) is 52.9 Å². The van der Waals surface area contributed by atoms with Gasteiger partial charge in [-0.2, -0.15) is 0 Å². The van der Waals surface area contributed by atoms with E-state index >= 15 is 0 Å². The van der Waals surface area contributed by atoms with Crippen LogP contribution in [0.1, 0.15) is 48.9 Å². The van der Waals surface area contributed by atoms with Crippen molar-refractivity contribution in [3.8, 4) is 11.5 Å². The lowest BCUT2D eigenvalue weighted by atomic mass is 9.37. The van der Waals surface area contributed by atoms with E-state index in [1.54, 1.807) is 31.4 Å². The molecular weight excluding hydrogens is 482 g/mol. The molecule has 0 radical (unpaired) electrons. The molecule has 7 aliphatic rings. The topological polar surface area (TPSA) is 77.3 Å². The van der Waals surface area contributed by atoms with Gasteiger partial charge in [0.1, 0.15) is 23.7 Å². The Labute approximate surface area is 222 Å². The largest absolute Gasteiger partial charge is 0.493 e. The Kier molecular flexibility index (Phi) is 4.64. The second-order valence-corrected chi connectivity index (χ2v) is 12.4. The molecule has 5 aliphatic carbocycles.